The molecule has 102 valence electrons. The molecular weight excluding hydrogens is 556 g/mol. The van der Waals surface area contributed by atoms with Crippen LogP contribution in [-0.2, 0) is 0 Å². The van der Waals surface area contributed by atoms with Gasteiger partial charge in [0.2, 0.25) is 0 Å². The second-order valence-electron chi connectivity index (χ2n) is 3.96. The molecule has 0 aromatic rings. The summed E-state index contributed by atoms with van der Waals surface area (Å²) in [5.74, 6) is 0. The molecule has 0 aromatic carbocycles. The second-order valence-corrected chi connectivity index (χ2v) is 22.9. The van der Waals surface area contributed by atoms with E-state index in [-0.39, 0.29) is 0 Å². The minimum atomic E-state index is 0.422. The van der Waals surface area contributed by atoms with Gasteiger partial charge in [-0.15, -0.1) is 7.92 Å². The van der Waals surface area contributed by atoms with E-state index in [9.17, 15) is 0 Å². The molecule has 0 saturated heterocycles. The molecular formula is C12H27I3P-. The Hall–Kier alpha value is 2.62. The Kier molecular flexibility index (Phi) is 26.1. The normalized spacial score (nSPS) is 10.4. The third-order valence-electron chi connectivity index (χ3n) is 2.48. The first-order chi connectivity index (χ1) is 7.76. The third kappa shape index (κ3) is 19.0. The van der Waals surface area contributed by atoms with E-state index in [0.29, 0.717) is 21.2 Å². The van der Waals surface area contributed by atoms with Crippen LogP contribution in [-0.4, -0.2) is 18.5 Å². The molecule has 0 spiro atoms. The van der Waals surface area contributed by atoms with Crippen LogP contribution in [0, 0.1) is 0 Å². The Bertz CT molecular complexity index is 93.4. The van der Waals surface area contributed by atoms with Crippen molar-refractivity contribution >= 4 is 45.2 Å². The van der Waals surface area contributed by atoms with Gasteiger partial charge >= 0.3 is 50.5 Å². The Morgan fingerprint density at radius 1 is 0.750 bits per heavy atom. The van der Waals surface area contributed by atoms with Gasteiger partial charge in [0.25, 0.3) is 0 Å². The summed E-state index contributed by atoms with van der Waals surface area (Å²) < 4.78 is 0. The van der Waals surface area contributed by atoms with Crippen molar-refractivity contribution in [3.63, 3.8) is 0 Å². The van der Waals surface area contributed by atoms with E-state index in [4.69, 9.17) is 0 Å². The van der Waals surface area contributed by atoms with Crippen LogP contribution >= 0.6 is 45.2 Å². The van der Waals surface area contributed by atoms with Crippen molar-refractivity contribution in [3.05, 3.63) is 0 Å². The quantitative estimate of drug-likeness (QED) is 0.288. The van der Waals surface area contributed by atoms with E-state index in [0.717, 1.165) is 0 Å². The predicted molar refractivity (Wildman–Crippen MR) is 94.3 cm³/mol. The molecule has 0 amide bonds. The summed E-state index contributed by atoms with van der Waals surface area (Å²) in [6.07, 6.45) is 13.2. The van der Waals surface area contributed by atoms with E-state index >= 15 is 0 Å². The van der Waals surface area contributed by atoms with Gasteiger partial charge in [-0.25, -0.2) is 0 Å². The molecule has 0 aliphatic heterocycles. The van der Waals surface area contributed by atoms with E-state index in [2.05, 4.69) is 58.0 Å². The van der Waals surface area contributed by atoms with Gasteiger partial charge in [-0.05, 0) is 37.7 Å². The number of rotatable bonds is 9. The average molecular weight is 583 g/mol. The van der Waals surface area contributed by atoms with Gasteiger partial charge in [-0.1, -0.05) is 40.0 Å². The van der Waals surface area contributed by atoms with Crippen molar-refractivity contribution in [2.75, 3.05) is 18.5 Å². The van der Waals surface area contributed by atoms with Crippen LogP contribution in [0.15, 0.2) is 0 Å². The first-order valence-electron chi connectivity index (χ1n) is 6.36. The molecule has 0 unspecified atom stereocenters. The minimum absolute atomic E-state index is 0.422. The Balaban J connectivity index is 0. The molecule has 0 rings (SSSR count). The molecule has 0 N–H and O–H groups in total. The Labute approximate surface area is 134 Å². The van der Waals surface area contributed by atoms with E-state index in [1.54, 1.807) is 18.5 Å². The summed E-state index contributed by atoms with van der Waals surface area (Å²) in [6, 6.07) is 0. The van der Waals surface area contributed by atoms with Crippen LogP contribution in [0.1, 0.15) is 59.3 Å². The summed E-state index contributed by atoms with van der Waals surface area (Å²) in [5.41, 5.74) is 0. The van der Waals surface area contributed by atoms with E-state index < -0.39 is 0 Å². The molecule has 0 nitrogen and oxygen atoms in total. The topological polar surface area (TPSA) is 0 Å². The van der Waals surface area contributed by atoms with Crippen LogP contribution in [0.4, 0.5) is 0 Å². The zero-order chi connectivity index (χ0) is 12.6. The molecule has 0 aliphatic rings. The Morgan fingerprint density at radius 3 is 1.19 bits per heavy atom. The number of unbranched alkanes of at least 4 members (excludes halogenated alkanes) is 3. The molecule has 0 aromatic heterocycles. The van der Waals surface area contributed by atoms with Gasteiger partial charge in [0.05, 0.1) is 0 Å². The summed E-state index contributed by atoms with van der Waals surface area (Å²) in [5, 5.41) is 0. The van der Waals surface area contributed by atoms with Crippen molar-refractivity contribution in [1.82, 2.24) is 0 Å². The van der Waals surface area contributed by atoms with Crippen molar-refractivity contribution in [3.8, 4) is 0 Å². The molecule has 0 saturated carbocycles. The second kappa shape index (κ2) is 19.9. The molecule has 0 aliphatic carbocycles. The van der Waals surface area contributed by atoms with E-state index in [1.807, 2.05) is 0 Å². The first-order valence-corrected chi connectivity index (χ1v) is 20.8. The molecule has 0 atom stereocenters. The molecule has 0 bridgehead atoms. The van der Waals surface area contributed by atoms with Crippen LogP contribution in [0.25, 0.3) is 0 Å². The van der Waals surface area contributed by atoms with Crippen LogP contribution in [0.5, 0.6) is 0 Å². The van der Waals surface area contributed by atoms with Crippen LogP contribution in [0.2, 0.25) is 0 Å². The summed E-state index contributed by atoms with van der Waals surface area (Å²) in [4.78, 5) is 0. The maximum atomic E-state index is 2.39. The van der Waals surface area contributed by atoms with Crippen molar-refractivity contribution in [2.45, 2.75) is 59.3 Å². The van der Waals surface area contributed by atoms with Crippen LogP contribution in [0.3, 0.4) is 0 Å². The fourth-order valence-electron chi connectivity index (χ4n) is 1.48. The zero-order valence-corrected chi connectivity index (χ0v) is 18.3. The number of hydrogen-bond acceptors (Lipinski definition) is 0. The van der Waals surface area contributed by atoms with Gasteiger partial charge in [-0.2, -0.15) is 0 Å². The Morgan fingerprint density at radius 2 is 1.00 bits per heavy atom. The summed E-state index contributed by atoms with van der Waals surface area (Å²) >= 11 is 5.30. The average Bonchev–Trinajstić information content (AvgIpc) is 2.29. The predicted octanol–water partition coefficient (Wildman–Crippen LogP) is 3.64. The standard InChI is InChI=1S/C12H27P.I3/c1-4-7-10-13(11-8-5-2)12-9-6-3;1-3-2/h4-12H2,1-3H3;/q;-1. The van der Waals surface area contributed by atoms with Gasteiger partial charge in [0.15, 0.2) is 0 Å². The molecule has 16 heavy (non-hydrogen) atoms. The summed E-state index contributed by atoms with van der Waals surface area (Å²) in [7, 11) is 0.422. The van der Waals surface area contributed by atoms with Gasteiger partial charge in [0.1, 0.15) is 0 Å². The fourth-order valence-corrected chi connectivity index (χ4v) is 4.44. The maximum absolute atomic E-state index is 2.39. The zero-order valence-electron chi connectivity index (χ0n) is 10.9. The van der Waals surface area contributed by atoms with Crippen molar-refractivity contribution in [2.24, 2.45) is 0 Å². The van der Waals surface area contributed by atoms with E-state index in [1.165, 1.54) is 38.5 Å². The van der Waals surface area contributed by atoms with Crippen molar-refractivity contribution in [1.29, 1.82) is 0 Å². The third-order valence-corrected chi connectivity index (χ3v) is 5.33. The monoisotopic (exact) mass is 583 g/mol. The number of halogens is 3. The van der Waals surface area contributed by atoms with Gasteiger partial charge in [0, 0.05) is 0 Å². The first kappa shape index (κ1) is 20.9. The SMILES string of the molecule is CCCCP(CCCC)CCCC.I[I-]I. The van der Waals surface area contributed by atoms with Crippen molar-refractivity contribution < 1.29 is 13.3 Å². The van der Waals surface area contributed by atoms with Crippen LogP contribution < -0.4 is 13.3 Å². The number of hydrogen-bond donors (Lipinski definition) is 0. The molecule has 0 fully saturated rings. The van der Waals surface area contributed by atoms with Gasteiger partial charge in [-0.3, -0.25) is 0 Å². The molecule has 4 heteroatoms. The fraction of sp³-hybridized carbons (Fsp3) is 1.00. The molecule has 0 radical (unpaired) electrons. The van der Waals surface area contributed by atoms with Gasteiger partial charge < -0.3 is 0 Å². The molecule has 0 heterocycles. The summed E-state index contributed by atoms with van der Waals surface area (Å²) in [6.45, 7) is 6.94.